The van der Waals surface area contributed by atoms with Gasteiger partial charge in [0.05, 0.1) is 52.5 Å². The lowest BCUT2D eigenvalue weighted by atomic mass is 9.87. The number of nitrogens with one attached hydrogen (secondary N) is 2. The van der Waals surface area contributed by atoms with Gasteiger partial charge in [-0.2, -0.15) is 0 Å². The summed E-state index contributed by atoms with van der Waals surface area (Å²) < 4.78 is 50.6. The predicted octanol–water partition coefficient (Wildman–Crippen LogP) is 1.85. The Morgan fingerprint density at radius 2 is 1.55 bits per heavy atom. The highest BCUT2D eigenvalue weighted by Crippen LogP contribution is 2.37. The number of ether oxygens (including phenoxy) is 9. The van der Waals surface area contributed by atoms with Crippen molar-refractivity contribution < 1.29 is 71.4 Å². The molecule has 0 radical (unpaired) electrons. The van der Waals surface area contributed by atoms with Crippen molar-refractivity contribution in [1.29, 1.82) is 0 Å². The molecule has 1 fully saturated rings. The molecular formula is C38H46N2O15. The first-order valence-electron chi connectivity index (χ1n) is 17.2. The SMILES string of the molecule is C#CCOCCOCCOC1(C(=O)OC)C[C@H](OC(C)=O)[C@@H](NC(C)=O)[C@H]([C@H](OC(C)=O)[C@@H](CNC(=O)c2cccc(Oc3ccccc3)c2)OC(C)=O)O1. The molecule has 3 rings (SSSR count). The number of esters is 4. The number of amides is 2. The molecule has 55 heavy (non-hydrogen) atoms. The van der Waals surface area contributed by atoms with Gasteiger partial charge in [0, 0.05) is 33.3 Å². The second kappa shape index (κ2) is 22.0. The molecule has 1 aliphatic heterocycles. The van der Waals surface area contributed by atoms with Crippen molar-refractivity contribution in [2.45, 2.75) is 70.4 Å². The van der Waals surface area contributed by atoms with Crippen LogP contribution in [-0.4, -0.2) is 119 Å². The zero-order valence-electron chi connectivity index (χ0n) is 31.2. The van der Waals surface area contributed by atoms with Crippen LogP contribution in [0.5, 0.6) is 11.5 Å². The second-order valence-corrected chi connectivity index (χ2v) is 12.0. The highest BCUT2D eigenvalue weighted by Gasteiger charge is 2.59. The summed E-state index contributed by atoms with van der Waals surface area (Å²) in [4.78, 5) is 77.0. The average molecular weight is 771 g/mol. The number of terminal acetylenes is 1. The van der Waals surface area contributed by atoms with Gasteiger partial charge in [0.25, 0.3) is 11.7 Å². The minimum Gasteiger partial charge on any atom is -0.465 e. The molecule has 2 N–H and O–H groups in total. The van der Waals surface area contributed by atoms with Gasteiger partial charge in [-0.15, -0.1) is 6.42 Å². The highest BCUT2D eigenvalue weighted by molar-refractivity contribution is 5.94. The Bertz CT molecular complexity index is 1660. The van der Waals surface area contributed by atoms with Gasteiger partial charge >= 0.3 is 23.9 Å². The van der Waals surface area contributed by atoms with Gasteiger partial charge < -0.3 is 53.3 Å². The first-order valence-corrected chi connectivity index (χ1v) is 17.2. The zero-order valence-corrected chi connectivity index (χ0v) is 31.2. The topological polar surface area (TPSA) is 210 Å². The van der Waals surface area contributed by atoms with Crippen LogP contribution in [0.4, 0.5) is 0 Å². The fourth-order valence-corrected chi connectivity index (χ4v) is 5.61. The molecule has 2 aromatic rings. The molecular weight excluding hydrogens is 724 g/mol. The van der Waals surface area contributed by atoms with E-state index in [0.29, 0.717) is 11.5 Å². The number of hydrogen-bond donors (Lipinski definition) is 2. The minimum atomic E-state index is -2.35. The predicted molar refractivity (Wildman–Crippen MR) is 190 cm³/mol. The molecule has 0 spiro atoms. The van der Waals surface area contributed by atoms with Gasteiger partial charge in [-0.05, 0) is 30.3 Å². The van der Waals surface area contributed by atoms with E-state index in [-0.39, 0.29) is 38.6 Å². The summed E-state index contributed by atoms with van der Waals surface area (Å²) in [5.41, 5.74) is 0.168. The van der Waals surface area contributed by atoms with Crippen LogP contribution in [0.15, 0.2) is 54.6 Å². The Morgan fingerprint density at radius 3 is 2.18 bits per heavy atom. The highest BCUT2D eigenvalue weighted by atomic mass is 16.7. The maximum atomic E-state index is 13.5. The van der Waals surface area contributed by atoms with Crippen molar-refractivity contribution in [2.24, 2.45) is 0 Å². The standard InChI is InChI=1S/C38H46N2O15/c1-7-16-48-17-18-49-19-20-50-38(37(46)47-6)22-31(51-25(3)42)33(40-24(2)41)35(55-38)34(53-27(5)44)32(52-26(4)43)23-39-36(45)28-12-11-15-30(21-28)54-29-13-9-8-10-14-29/h1,8-15,21,31-35H,16-20,22-23H2,2-6H3,(H,39,45)(H,40,41)/t31-,32+,33+,34+,35+,38?/m0/s1. The van der Waals surface area contributed by atoms with Gasteiger partial charge in [0.1, 0.15) is 30.3 Å². The fourth-order valence-electron chi connectivity index (χ4n) is 5.61. The van der Waals surface area contributed by atoms with Crippen LogP contribution in [0.25, 0.3) is 0 Å². The van der Waals surface area contributed by atoms with Crippen molar-refractivity contribution >= 4 is 35.7 Å². The van der Waals surface area contributed by atoms with Crippen LogP contribution in [0.2, 0.25) is 0 Å². The first-order chi connectivity index (χ1) is 26.3. The van der Waals surface area contributed by atoms with E-state index in [2.05, 4.69) is 16.6 Å². The van der Waals surface area contributed by atoms with E-state index in [9.17, 15) is 28.8 Å². The monoisotopic (exact) mass is 770 g/mol. The van der Waals surface area contributed by atoms with E-state index < -0.39 is 84.9 Å². The van der Waals surface area contributed by atoms with Gasteiger partial charge in [-0.1, -0.05) is 30.2 Å². The van der Waals surface area contributed by atoms with Gasteiger partial charge in [0.15, 0.2) is 12.2 Å². The normalized spacial score (nSPS) is 20.0. The van der Waals surface area contributed by atoms with Crippen LogP contribution < -0.4 is 15.4 Å². The van der Waals surface area contributed by atoms with Crippen LogP contribution in [0.3, 0.4) is 0 Å². The molecule has 17 heteroatoms. The smallest absolute Gasteiger partial charge is 0.366 e. The Kier molecular flexibility index (Phi) is 17.5. The molecule has 2 amide bonds. The van der Waals surface area contributed by atoms with E-state index in [0.717, 1.165) is 27.9 Å². The zero-order chi connectivity index (χ0) is 40.4. The summed E-state index contributed by atoms with van der Waals surface area (Å²) in [6.07, 6.45) is -1.55. The second-order valence-electron chi connectivity index (χ2n) is 12.0. The quantitative estimate of drug-likeness (QED) is 0.0852. The van der Waals surface area contributed by atoms with Crippen molar-refractivity contribution in [2.75, 3.05) is 46.7 Å². The third-order valence-electron chi connectivity index (χ3n) is 7.70. The Labute approximate surface area is 318 Å². The number of hydrogen-bond acceptors (Lipinski definition) is 15. The van der Waals surface area contributed by atoms with Crippen molar-refractivity contribution in [3.63, 3.8) is 0 Å². The molecule has 1 saturated heterocycles. The third-order valence-corrected chi connectivity index (χ3v) is 7.70. The summed E-state index contributed by atoms with van der Waals surface area (Å²) in [6, 6.07) is 13.8. The average Bonchev–Trinajstić information content (AvgIpc) is 3.14. The number of methoxy groups -OCH3 is 1. The van der Waals surface area contributed by atoms with Crippen molar-refractivity contribution in [3.05, 3.63) is 60.2 Å². The molecule has 17 nitrogen and oxygen atoms in total. The summed E-state index contributed by atoms with van der Waals surface area (Å²) in [5, 5.41) is 5.28. The van der Waals surface area contributed by atoms with E-state index >= 15 is 0 Å². The Hall–Kier alpha value is -5.54. The molecule has 298 valence electrons. The molecule has 0 aliphatic carbocycles. The number of carbonyl (C=O) groups excluding carboxylic acids is 6. The van der Waals surface area contributed by atoms with Gasteiger partial charge in [-0.3, -0.25) is 24.0 Å². The number of para-hydroxylation sites is 1. The van der Waals surface area contributed by atoms with Gasteiger partial charge in [-0.25, -0.2) is 4.79 Å². The maximum absolute atomic E-state index is 13.5. The third kappa shape index (κ3) is 14.0. The van der Waals surface area contributed by atoms with Gasteiger partial charge in [0.2, 0.25) is 5.91 Å². The van der Waals surface area contributed by atoms with Crippen LogP contribution >= 0.6 is 0 Å². The molecule has 1 aliphatic rings. The lowest BCUT2D eigenvalue weighted by Crippen LogP contribution is -2.69. The number of rotatable bonds is 20. The summed E-state index contributed by atoms with van der Waals surface area (Å²) in [7, 11) is 1.06. The summed E-state index contributed by atoms with van der Waals surface area (Å²) in [5.74, 6) is -4.01. The molecule has 0 bridgehead atoms. The summed E-state index contributed by atoms with van der Waals surface area (Å²) >= 11 is 0. The van der Waals surface area contributed by atoms with Crippen LogP contribution in [0.1, 0.15) is 44.5 Å². The van der Waals surface area contributed by atoms with Crippen molar-refractivity contribution in [3.8, 4) is 23.8 Å². The molecule has 0 saturated carbocycles. The summed E-state index contributed by atoms with van der Waals surface area (Å²) in [6.45, 7) is 3.99. The Balaban J connectivity index is 1.99. The molecule has 2 aromatic carbocycles. The minimum absolute atomic E-state index is 0.0768. The van der Waals surface area contributed by atoms with E-state index in [1.54, 1.807) is 36.4 Å². The van der Waals surface area contributed by atoms with E-state index in [1.165, 1.54) is 19.1 Å². The van der Waals surface area contributed by atoms with Crippen LogP contribution in [0, 0.1) is 12.3 Å². The van der Waals surface area contributed by atoms with E-state index in [4.69, 9.17) is 49.1 Å². The number of benzene rings is 2. The lowest BCUT2D eigenvalue weighted by molar-refractivity contribution is -0.315. The maximum Gasteiger partial charge on any atom is 0.366 e. The fraction of sp³-hybridized carbons (Fsp3) is 0.474. The van der Waals surface area contributed by atoms with Crippen LogP contribution in [-0.2, 0) is 61.9 Å². The molecule has 1 unspecified atom stereocenters. The van der Waals surface area contributed by atoms with Crippen molar-refractivity contribution in [1.82, 2.24) is 10.6 Å². The molecule has 6 atom stereocenters. The van der Waals surface area contributed by atoms with E-state index in [1.807, 2.05) is 6.07 Å². The Morgan fingerprint density at radius 1 is 0.873 bits per heavy atom. The molecule has 1 heterocycles. The number of carbonyl (C=O) groups is 6. The lowest BCUT2D eigenvalue weighted by Gasteiger charge is -2.48. The largest absolute Gasteiger partial charge is 0.465 e. The first kappa shape index (κ1) is 43.9. The molecule has 0 aromatic heterocycles.